The van der Waals surface area contributed by atoms with Crippen LogP contribution in [0.5, 0.6) is 0 Å². The number of hydrogen-bond donors (Lipinski definition) is 1. The summed E-state index contributed by atoms with van der Waals surface area (Å²) in [5.74, 6) is 0.632. The van der Waals surface area contributed by atoms with Crippen LogP contribution in [0.1, 0.15) is 23.2 Å². The molecule has 2 aliphatic rings. The maximum atomic E-state index is 12.5. The van der Waals surface area contributed by atoms with E-state index in [9.17, 15) is 4.79 Å². The van der Waals surface area contributed by atoms with Gasteiger partial charge in [-0.3, -0.25) is 4.79 Å². The Morgan fingerprint density at radius 3 is 2.67 bits per heavy atom. The Hall–Kier alpha value is -1.59. The second-order valence-electron chi connectivity index (χ2n) is 7.32. The average molecular weight is 330 g/mol. The third kappa shape index (κ3) is 4.48. The highest BCUT2D eigenvalue weighted by Gasteiger charge is 2.19. The van der Waals surface area contributed by atoms with Crippen LogP contribution in [0.2, 0.25) is 0 Å². The van der Waals surface area contributed by atoms with Gasteiger partial charge in [0, 0.05) is 50.5 Å². The van der Waals surface area contributed by atoms with Crippen molar-refractivity contribution < 1.29 is 4.79 Å². The number of anilines is 1. The number of likely N-dealkylation sites (N-methyl/N-ethyl adjacent to an activating group) is 1. The summed E-state index contributed by atoms with van der Waals surface area (Å²) in [4.78, 5) is 19.6. The van der Waals surface area contributed by atoms with Crippen LogP contribution in [-0.2, 0) is 0 Å². The lowest BCUT2D eigenvalue weighted by atomic mass is 9.98. The van der Waals surface area contributed by atoms with Gasteiger partial charge in [0.1, 0.15) is 0 Å². The van der Waals surface area contributed by atoms with Crippen LogP contribution < -0.4 is 10.2 Å². The predicted octanol–water partition coefficient (Wildman–Crippen LogP) is 1.51. The van der Waals surface area contributed by atoms with E-state index < -0.39 is 0 Å². The summed E-state index contributed by atoms with van der Waals surface area (Å²) in [5, 5.41) is 3.13. The van der Waals surface area contributed by atoms with Crippen molar-refractivity contribution in [3.05, 3.63) is 29.8 Å². The van der Waals surface area contributed by atoms with Gasteiger partial charge in [-0.2, -0.15) is 0 Å². The number of likely N-dealkylation sites (tertiary alicyclic amines) is 1. The number of nitrogens with zero attached hydrogens (tertiary/aromatic N) is 3. The molecule has 5 nitrogen and oxygen atoms in total. The number of hydrogen-bond acceptors (Lipinski definition) is 4. The topological polar surface area (TPSA) is 38.8 Å². The number of piperidine rings is 1. The molecule has 1 N–H and O–H groups in total. The Bertz CT molecular complexity index is 554. The first kappa shape index (κ1) is 17.2. The molecule has 1 amide bonds. The zero-order chi connectivity index (χ0) is 16.9. The fourth-order valence-electron chi connectivity index (χ4n) is 3.69. The second-order valence-corrected chi connectivity index (χ2v) is 7.32. The lowest BCUT2D eigenvalue weighted by Gasteiger charge is -2.34. The summed E-state index contributed by atoms with van der Waals surface area (Å²) in [5.41, 5.74) is 1.93. The van der Waals surface area contributed by atoms with Crippen LogP contribution in [0, 0.1) is 5.92 Å². The van der Waals surface area contributed by atoms with Gasteiger partial charge in [-0.1, -0.05) is 6.07 Å². The van der Waals surface area contributed by atoms with Gasteiger partial charge in [-0.05, 0) is 57.6 Å². The summed E-state index contributed by atoms with van der Waals surface area (Å²) in [6, 6.07) is 8.06. The second kappa shape index (κ2) is 7.99. The van der Waals surface area contributed by atoms with Gasteiger partial charge in [-0.15, -0.1) is 0 Å². The SMILES string of the molecule is CN1CCN(c2cccc(C(=O)NCC3CCCN(C)C3)c2)CC1. The van der Waals surface area contributed by atoms with Crippen LogP contribution in [0.15, 0.2) is 24.3 Å². The molecule has 132 valence electrons. The van der Waals surface area contributed by atoms with Gasteiger partial charge >= 0.3 is 0 Å². The van der Waals surface area contributed by atoms with E-state index in [4.69, 9.17) is 0 Å². The van der Waals surface area contributed by atoms with E-state index in [2.05, 4.69) is 40.2 Å². The minimum Gasteiger partial charge on any atom is -0.369 e. The maximum absolute atomic E-state index is 12.5. The molecule has 2 heterocycles. The summed E-state index contributed by atoms with van der Waals surface area (Å²) < 4.78 is 0. The average Bonchev–Trinajstić information content (AvgIpc) is 2.60. The van der Waals surface area contributed by atoms with E-state index in [0.717, 1.165) is 50.5 Å². The number of carbonyl (C=O) groups is 1. The van der Waals surface area contributed by atoms with E-state index in [1.807, 2.05) is 18.2 Å². The molecule has 0 radical (unpaired) electrons. The monoisotopic (exact) mass is 330 g/mol. The van der Waals surface area contributed by atoms with Crippen LogP contribution >= 0.6 is 0 Å². The zero-order valence-corrected chi connectivity index (χ0v) is 15.0. The molecule has 24 heavy (non-hydrogen) atoms. The minimum absolute atomic E-state index is 0.0548. The quantitative estimate of drug-likeness (QED) is 0.908. The molecule has 2 fully saturated rings. The van der Waals surface area contributed by atoms with Crippen molar-refractivity contribution in [3.8, 4) is 0 Å². The van der Waals surface area contributed by atoms with Crippen molar-refractivity contribution in [2.45, 2.75) is 12.8 Å². The first-order valence-corrected chi connectivity index (χ1v) is 9.12. The van der Waals surface area contributed by atoms with E-state index in [1.54, 1.807) is 0 Å². The molecule has 0 bridgehead atoms. The standard InChI is InChI=1S/C19H30N4O/c1-21-9-11-23(12-10-21)18-7-3-6-17(13-18)19(24)20-14-16-5-4-8-22(2)15-16/h3,6-7,13,16H,4-5,8-12,14-15H2,1-2H3,(H,20,24). The number of piperazine rings is 1. The first-order valence-electron chi connectivity index (χ1n) is 9.12. The molecule has 0 aromatic heterocycles. The van der Waals surface area contributed by atoms with Crippen molar-refractivity contribution in [1.82, 2.24) is 15.1 Å². The summed E-state index contributed by atoms with van der Waals surface area (Å²) >= 11 is 0. The van der Waals surface area contributed by atoms with Crippen molar-refractivity contribution in [1.29, 1.82) is 0 Å². The molecular formula is C19H30N4O. The minimum atomic E-state index is 0.0548. The molecule has 0 aliphatic carbocycles. The molecule has 2 saturated heterocycles. The summed E-state index contributed by atoms with van der Waals surface area (Å²) in [6.45, 7) is 7.24. The third-order valence-electron chi connectivity index (χ3n) is 5.25. The molecule has 0 saturated carbocycles. The van der Waals surface area contributed by atoms with Gasteiger partial charge in [0.2, 0.25) is 0 Å². The van der Waals surface area contributed by atoms with Crippen LogP contribution in [0.25, 0.3) is 0 Å². The number of benzene rings is 1. The number of rotatable bonds is 4. The largest absolute Gasteiger partial charge is 0.369 e. The molecule has 2 aliphatic heterocycles. The molecule has 1 aromatic carbocycles. The number of carbonyl (C=O) groups excluding carboxylic acids is 1. The molecule has 3 rings (SSSR count). The van der Waals surface area contributed by atoms with Gasteiger partial charge in [0.05, 0.1) is 0 Å². The Morgan fingerprint density at radius 2 is 1.92 bits per heavy atom. The van der Waals surface area contributed by atoms with Crippen molar-refractivity contribution in [2.24, 2.45) is 5.92 Å². The van der Waals surface area contributed by atoms with E-state index >= 15 is 0 Å². The smallest absolute Gasteiger partial charge is 0.251 e. The van der Waals surface area contributed by atoms with Crippen molar-refractivity contribution in [2.75, 3.05) is 64.8 Å². The highest BCUT2D eigenvalue weighted by atomic mass is 16.1. The van der Waals surface area contributed by atoms with Gasteiger partial charge in [0.25, 0.3) is 5.91 Å². The Kier molecular flexibility index (Phi) is 5.74. The first-order chi connectivity index (χ1) is 11.6. The lowest BCUT2D eigenvalue weighted by Crippen LogP contribution is -2.44. The molecule has 0 spiro atoms. The fourth-order valence-corrected chi connectivity index (χ4v) is 3.69. The molecular weight excluding hydrogens is 300 g/mol. The van der Waals surface area contributed by atoms with Crippen molar-refractivity contribution >= 4 is 11.6 Å². The molecule has 1 atom stereocenters. The Balaban J connectivity index is 1.56. The lowest BCUT2D eigenvalue weighted by molar-refractivity contribution is 0.0937. The zero-order valence-electron chi connectivity index (χ0n) is 15.0. The Labute approximate surface area is 145 Å². The van der Waals surface area contributed by atoms with Crippen LogP contribution in [-0.4, -0.2) is 75.6 Å². The number of amides is 1. The van der Waals surface area contributed by atoms with E-state index in [1.165, 1.54) is 19.4 Å². The van der Waals surface area contributed by atoms with Gasteiger partial charge in [-0.25, -0.2) is 0 Å². The van der Waals surface area contributed by atoms with E-state index in [0.29, 0.717) is 5.92 Å². The normalized spacial score (nSPS) is 23.2. The molecule has 1 aromatic rings. The van der Waals surface area contributed by atoms with Crippen LogP contribution in [0.3, 0.4) is 0 Å². The molecule has 1 unspecified atom stereocenters. The van der Waals surface area contributed by atoms with Crippen LogP contribution in [0.4, 0.5) is 5.69 Å². The maximum Gasteiger partial charge on any atom is 0.251 e. The number of nitrogens with one attached hydrogen (secondary N) is 1. The Morgan fingerprint density at radius 1 is 1.12 bits per heavy atom. The van der Waals surface area contributed by atoms with Crippen molar-refractivity contribution in [3.63, 3.8) is 0 Å². The summed E-state index contributed by atoms with van der Waals surface area (Å²) in [7, 11) is 4.32. The van der Waals surface area contributed by atoms with E-state index in [-0.39, 0.29) is 5.91 Å². The van der Waals surface area contributed by atoms with Gasteiger partial charge in [0.15, 0.2) is 0 Å². The highest BCUT2D eigenvalue weighted by Crippen LogP contribution is 2.18. The fraction of sp³-hybridized carbons (Fsp3) is 0.632. The third-order valence-corrected chi connectivity index (χ3v) is 5.25. The van der Waals surface area contributed by atoms with Gasteiger partial charge < -0.3 is 20.0 Å². The highest BCUT2D eigenvalue weighted by molar-refractivity contribution is 5.95. The predicted molar refractivity (Wildman–Crippen MR) is 98.7 cm³/mol. The summed E-state index contributed by atoms with van der Waals surface area (Å²) in [6.07, 6.45) is 2.45. The molecule has 5 heteroatoms.